The maximum atomic E-state index is 12.1. The molecule has 0 spiro atoms. The minimum atomic E-state index is -0.318. The average Bonchev–Trinajstić information content (AvgIpc) is 2.26. The van der Waals surface area contributed by atoms with E-state index in [2.05, 4.69) is 6.58 Å². The van der Waals surface area contributed by atoms with Crippen LogP contribution in [0.4, 0.5) is 0 Å². The maximum absolute atomic E-state index is 12.1. The van der Waals surface area contributed by atoms with E-state index in [1.807, 2.05) is 33.8 Å². The first-order valence-electron chi connectivity index (χ1n) is 5.96. The summed E-state index contributed by atoms with van der Waals surface area (Å²) in [5.74, 6) is -0.318. The third kappa shape index (κ3) is 3.14. The van der Waals surface area contributed by atoms with Gasteiger partial charge in [0, 0.05) is 11.4 Å². The van der Waals surface area contributed by atoms with Crippen LogP contribution in [0.5, 0.6) is 0 Å². The first kappa shape index (κ1) is 14.8. The van der Waals surface area contributed by atoms with Crippen LogP contribution >= 0.6 is 11.6 Å². The summed E-state index contributed by atoms with van der Waals surface area (Å²) in [6.45, 7) is 11.1. The lowest BCUT2D eigenvalue weighted by molar-refractivity contribution is 0.0346. The molecule has 0 saturated heterocycles. The molecule has 0 heterocycles. The fraction of sp³-hybridized carbons (Fsp3) is 0.400. The summed E-state index contributed by atoms with van der Waals surface area (Å²) in [6.07, 6.45) is 2.21. The first-order chi connectivity index (χ1) is 8.38. The van der Waals surface area contributed by atoms with Crippen molar-refractivity contribution in [1.29, 1.82) is 0 Å². The SMILES string of the molecule is C=CC[C@H](C)OC(=O)c1c(C)cc(C)c(Cl)c1C. The Morgan fingerprint density at radius 1 is 1.44 bits per heavy atom. The molecule has 0 aromatic heterocycles. The molecule has 0 radical (unpaired) electrons. The van der Waals surface area contributed by atoms with Crippen molar-refractivity contribution >= 4 is 17.6 Å². The van der Waals surface area contributed by atoms with Crippen LogP contribution < -0.4 is 0 Å². The summed E-state index contributed by atoms with van der Waals surface area (Å²) in [7, 11) is 0. The van der Waals surface area contributed by atoms with Gasteiger partial charge in [-0.1, -0.05) is 23.7 Å². The first-order valence-corrected chi connectivity index (χ1v) is 6.34. The number of carbonyl (C=O) groups is 1. The Balaban J connectivity index is 3.06. The maximum Gasteiger partial charge on any atom is 0.338 e. The number of hydrogen-bond acceptors (Lipinski definition) is 2. The van der Waals surface area contributed by atoms with Crippen LogP contribution in [0.25, 0.3) is 0 Å². The Morgan fingerprint density at radius 2 is 2.06 bits per heavy atom. The predicted molar refractivity (Wildman–Crippen MR) is 75.4 cm³/mol. The number of esters is 1. The van der Waals surface area contributed by atoms with Crippen molar-refractivity contribution < 1.29 is 9.53 Å². The van der Waals surface area contributed by atoms with E-state index in [4.69, 9.17) is 16.3 Å². The van der Waals surface area contributed by atoms with Crippen molar-refractivity contribution in [3.05, 3.63) is 46.0 Å². The van der Waals surface area contributed by atoms with Gasteiger partial charge in [-0.2, -0.15) is 0 Å². The van der Waals surface area contributed by atoms with Gasteiger partial charge in [0.1, 0.15) is 6.10 Å². The predicted octanol–water partition coefficient (Wildman–Crippen LogP) is 4.39. The zero-order valence-corrected chi connectivity index (χ0v) is 12.1. The molecule has 98 valence electrons. The standard InChI is InChI=1S/C15H19ClO2/c1-6-7-11(4)18-15(17)13-9(2)8-10(3)14(16)12(13)5/h6,8,11H,1,7H2,2-5H3/t11-/m0/s1. The molecule has 0 amide bonds. The summed E-state index contributed by atoms with van der Waals surface area (Å²) in [5, 5.41) is 0.629. The van der Waals surface area contributed by atoms with Crippen molar-refractivity contribution in [2.75, 3.05) is 0 Å². The van der Waals surface area contributed by atoms with Gasteiger partial charge in [-0.3, -0.25) is 0 Å². The van der Waals surface area contributed by atoms with Gasteiger partial charge in [0.05, 0.1) is 5.56 Å². The summed E-state index contributed by atoms with van der Waals surface area (Å²) < 4.78 is 5.36. The molecule has 0 aliphatic carbocycles. The number of benzene rings is 1. The molecule has 1 atom stereocenters. The van der Waals surface area contributed by atoms with E-state index in [-0.39, 0.29) is 12.1 Å². The van der Waals surface area contributed by atoms with Crippen LogP contribution in [-0.4, -0.2) is 12.1 Å². The van der Waals surface area contributed by atoms with Gasteiger partial charge in [0.25, 0.3) is 0 Å². The van der Waals surface area contributed by atoms with Crippen molar-refractivity contribution in [3.63, 3.8) is 0 Å². The lowest BCUT2D eigenvalue weighted by atomic mass is 10.00. The molecule has 0 unspecified atom stereocenters. The molecule has 0 N–H and O–H groups in total. The fourth-order valence-corrected chi connectivity index (χ4v) is 2.15. The molecular weight excluding hydrogens is 248 g/mol. The summed E-state index contributed by atoms with van der Waals surface area (Å²) in [6, 6.07) is 1.91. The van der Waals surface area contributed by atoms with Crippen molar-refractivity contribution in [1.82, 2.24) is 0 Å². The summed E-state index contributed by atoms with van der Waals surface area (Å²) in [4.78, 5) is 12.1. The number of aryl methyl sites for hydroxylation is 2. The van der Waals surface area contributed by atoms with Crippen LogP contribution in [0.3, 0.4) is 0 Å². The Bertz CT molecular complexity index is 478. The minimum absolute atomic E-state index is 0.172. The minimum Gasteiger partial charge on any atom is -0.459 e. The third-order valence-corrected chi connectivity index (χ3v) is 3.47. The van der Waals surface area contributed by atoms with E-state index >= 15 is 0 Å². The van der Waals surface area contributed by atoms with Gasteiger partial charge in [-0.25, -0.2) is 4.79 Å². The molecule has 1 aromatic rings. The molecule has 1 aromatic carbocycles. The Morgan fingerprint density at radius 3 is 2.61 bits per heavy atom. The number of hydrogen-bond donors (Lipinski definition) is 0. The zero-order chi connectivity index (χ0) is 13.9. The topological polar surface area (TPSA) is 26.3 Å². The molecule has 1 rings (SSSR count). The Kier molecular flexibility index (Phi) is 4.97. The van der Waals surface area contributed by atoms with E-state index in [0.717, 1.165) is 16.7 Å². The van der Waals surface area contributed by atoms with Gasteiger partial charge in [-0.05, 0) is 44.4 Å². The normalized spacial score (nSPS) is 12.1. The van der Waals surface area contributed by atoms with Crippen LogP contribution in [0.1, 0.15) is 40.4 Å². The lowest BCUT2D eigenvalue weighted by Crippen LogP contribution is -2.16. The van der Waals surface area contributed by atoms with E-state index in [0.29, 0.717) is 17.0 Å². The largest absolute Gasteiger partial charge is 0.459 e. The van der Waals surface area contributed by atoms with Crippen molar-refractivity contribution in [2.24, 2.45) is 0 Å². The van der Waals surface area contributed by atoms with Crippen LogP contribution in [0.2, 0.25) is 5.02 Å². The van der Waals surface area contributed by atoms with Gasteiger partial charge < -0.3 is 4.74 Å². The molecule has 0 fully saturated rings. The second-order valence-electron chi connectivity index (χ2n) is 4.56. The average molecular weight is 267 g/mol. The molecule has 2 nitrogen and oxygen atoms in total. The highest BCUT2D eigenvalue weighted by Crippen LogP contribution is 2.27. The lowest BCUT2D eigenvalue weighted by Gasteiger charge is -2.16. The molecule has 0 aliphatic rings. The van der Waals surface area contributed by atoms with Gasteiger partial charge in [-0.15, -0.1) is 6.58 Å². The number of carbonyl (C=O) groups excluding carboxylic acids is 1. The fourth-order valence-electron chi connectivity index (χ4n) is 2.00. The smallest absolute Gasteiger partial charge is 0.338 e. The Hall–Kier alpha value is -1.28. The van der Waals surface area contributed by atoms with E-state index < -0.39 is 0 Å². The van der Waals surface area contributed by atoms with Crippen molar-refractivity contribution in [3.8, 4) is 0 Å². The summed E-state index contributed by atoms with van der Waals surface area (Å²) >= 11 is 6.17. The molecular formula is C15H19ClO2. The van der Waals surface area contributed by atoms with Gasteiger partial charge >= 0.3 is 5.97 Å². The van der Waals surface area contributed by atoms with E-state index in [1.54, 1.807) is 6.08 Å². The monoisotopic (exact) mass is 266 g/mol. The second-order valence-corrected chi connectivity index (χ2v) is 4.94. The van der Waals surface area contributed by atoms with E-state index in [9.17, 15) is 4.79 Å². The van der Waals surface area contributed by atoms with Crippen LogP contribution in [0.15, 0.2) is 18.7 Å². The Labute approximate surface area is 114 Å². The van der Waals surface area contributed by atoms with E-state index in [1.165, 1.54) is 0 Å². The number of ether oxygens (including phenoxy) is 1. The number of halogens is 1. The molecule has 0 aliphatic heterocycles. The highest BCUT2D eigenvalue weighted by molar-refractivity contribution is 6.32. The van der Waals surface area contributed by atoms with Gasteiger partial charge in [0.2, 0.25) is 0 Å². The summed E-state index contributed by atoms with van der Waals surface area (Å²) in [5.41, 5.74) is 3.22. The molecule has 3 heteroatoms. The molecule has 0 bridgehead atoms. The molecule has 18 heavy (non-hydrogen) atoms. The third-order valence-electron chi connectivity index (χ3n) is 2.89. The van der Waals surface area contributed by atoms with Crippen LogP contribution in [0, 0.1) is 20.8 Å². The van der Waals surface area contributed by atoms with Crippen LogP contribution in [-0.2, 0) is 4.74 Å². The quantitative estimate of drug-likeness (QED) is 0.597. The second kappa shape index (κ2) is 6.05. The van der Waals surface area contributed by atoms with Gasteiger partial charge in [0.15, 0.2) is 0 Å². The highest BCUT2D eigenvalue weighted by atomic mass is 35.5. The molecule has 0 saturated carbocycles. The van der Waals surface area contributed by atoms with Crippen molar-refractivity contribution in [2.45, 2.75) is 40.2 Å². The number of rotatable bonds is 4. The highest BCUT2D eigenvalue weighted by Gasteiger charge is 2.19. The zero-order valence-electron chi connectivity index (χ0n) is 11.3.